The highest BCUT2D eigenvalue weighted by molar-refractivity contribution is 9.10. The standard InChI is InChI=1S/C12H14BrN5O2/c1-2-17-8-15-16-12(17)7-14-6-9-5-10(13)3-4-11(9)18(19)20/h3-5,8,14H,2,6-7H2,1H3. The summed E-state index contributed by atoms with van der Waals surface area (Å²) in [5.41, 5.74) is 0.740. The molecule has 1 heterocycles. The second-order valence-electron chi connectivity index (χ2n) is 4.17. The van der Waals surface area contributed by atoms with E-state index in [4.69, 9.17) is 0 Å². The first-order chi connectivity index (χ1) is 9.61. The Hall–Kier alpha value is -1.80. The van der Waals surface area contributed by atoms with Crippen molar-refractivity contribution in [2.24, 2.45) is 0 Å². The second kappa shape index (κ2) is 6.58. The molecule has 2 aromatic rings. The van der Waals surface area contributed by atoms with Crippen LogP contribution in [0.2, 0.25) is 0 Å². The van der Waals surface area contributed by atoms with E-state index in [1.807, 2.05) is 11.5 Å². The summed E-state index contributed by atoms with van der Waals surface area (Å²) in [5.74, 6) is 0.810. The van der Waals surface area contributed by atoms with Gasteiger partial charge in [-0.3, -0.25) is 10.1 Å². The molecule has 1 aromatic heterocycles. The Morgan fingerprint density at radius 1 is 1.45 bits per heavy atom. The Labute approximate surface area is 124 Å². The molecule has 7 nitrogen and oxygen atoms in total. The van der Waals surface area contributed by atoms with Crippen molar-refractivity contribution in [2.45, 2.75) is 26.6 Å². The average molecular weight is 340 g/mol. The van der Waals surface area contributed by atoms with Crippen LogP contribution in [0, 0.1) is 10.1 Å². The van der Waals surface area contributed by atoms with Crippen LogP contribution in [0.3, 0.4) is 0 Å². The monoisotopic (exact) mass is 339 g/mol. The van der Waals surface area contributed by atoms with Crippen molar-refractivity contribution in [3.8, 4) is 0 Å². The van der Waals surface area contributed by atoms with E-state index < -0.39 is 0 Å². The molecular formula is C12H14BrN5O2. The number of nitrogens with zero attached hydrogens (tertiary/aromatic N) is 4. The van der Waals surface area contributed by atoms with E-state index >= 15 is 0 Å². The molecule has 106 valence electrons. The minimum Gasteiger partial charge on any atom is -0.317 e. The van der Waals surface area contributed by atoms with E-state index in [1.54, 1.807) is 18.5 Å². The average Bonchev–Trinajstić information content (AvgIpc) is 2.86. The van der Waals surface area contributed by atoms with Gasteiger partial charge < -0.3 is 9.88 Å². The maximum Gasteiger partial charge on any atom is 0.273 e. The number of rotatable bonds is 6. The van der Waals surface area contributed by atoms with Gasteiger partial charge in [0.1, 0.15) is 12.2 Å². The Bertz CT molecular complexity index is 614. The van der Waals surface area contributed by atoms with E-state index in [0.29, 0.717) is 18.7 Å². The molecular weight excluding hydrogens is 326 g/mol. The molecule has 0 aliphatic carbocycles. The van der Waals surface area contributed by atoms with E-state index in [0.717, 1.165) is 16.8 Å². The molecule has 0 atom stereocenters. The summed E-state index contributed by atoms with van der Waals surface area (Å²) in [7, 11) is 0. The first-order valence-electron chi connectivity index (χ1n) is 6.12. The SMILES string of the molecule is CCn1cnnc1CNCc1cc(Br)ccc1[N+](=O)[O-]. The van der Waals surface area contributed by atoms with Crippen LogP contribution in [0.1, 0.15) is 18.3 Å². The quantitative estimate of drug-likeness (QED) is 0.644. The maximum atomic E-state index is 11.0. The Kier molecular flexibility index (Phi) is 4.80. The largest absolute Gasteiger partial charge is 0.317 e. The molecule has 0 aliphatic rings. The van der Waals surface area contributed by atoms with Crippen LogP contribution >= 0.6 is 15.9 Å². The van der Waals surface area contributed by atoms with Crippen LogP contribution in [0.5, 0.6) is 0 Å². The molecule has 0 aliphatic heterocycles. The lowest BCUT2D eigenvalue weighted by molar-refractivity contribution is -0.385. The lowest BCUT2D eigenvalue weighted by Gasteiger charge is -2.07. The van der Waals surface area contributed by atoms with Crippen LogP contribution in [0.25, 0.3) is 0 Å². The summed E-state index contributed by atoms with van der Waals surface area (Å²) in [5, 5.41) is 22.0. The lowest BCUT2D eigenvalue weighted by atomic mass is 10.2. The van der Waals surface area contributed by atoms with Gasteiger partial charge in [-0.1, -0.05) is 15.9 Å². The van der Waals surface area contributed by atoms with E-state index in [2.05, 4.69) is 31.4 Å². The van der Waals surface area contributed by atoms with Gasteiger partial charge in [0.05, 0.1) is 11.5 Å². The molecule has 0 bridgehead atoms. The van der Waals surface area contributed by atoms with E-state index in [9.17, 15) is 10.1 Å². The molecule has 1 N–H and O–H groups in total. The van der Waals surface area contributed by atoms with Crippen molar-refractivity contribution in [3.05, 3.63) is 50.5 Å². The second-order valence-corrected chi connectivity index (χ2v) is 5.08. The maximum absolute atomic E-state index is 11.0. The lowest BCUT2D eigenvalue weighted by Crippen LogP contribution is -2.17. The number of nitrogens with one attached hydrogen (secondary N) is 1. The molecule has 20 heavy (non-hydrogen) atoms. The van der Waals surface area contributed by atoms with Gasteiger partial charge in [-0.05, 0) is 19.1 Å². The summed E-state index contributed by atoms with van der Waals surface area (Å²) < 4.78 is 2.74. The summed E-state index contributed by atoms with van der Waals surface area (Å²) in [6.45, 7) is 3.71. The fraction of sp³-hybridized carbons (Fsp3) is 0.333. The third kappa shape index (κ3) is 3.40. The number of aromatic nitrogens is 3. The molecule has 0 fully saturated rings. The van der Waals surface area contributed by atoms with Gasteiger partial charge in [0.15, 0.2) is 0 Å². The molecule has 0 saturated heterocycles. The molecule has 0 unspecified atom stereocenters. The first-order valence-corrected chi connectivity index (χ1v) is 6.91. The number of nitro groups is 1. The number of hydrogen-bond donors (Lipinski definition) is 1. The summed E-state index contributed by atoms with van der Waals surface area (Å²) in [6, 6.07) is 4.90. The van der Waals surface area contributed by atoms with Gasteiger partial charge in [-0.15, -0.1) is 10.2 Å². The van der Waals surface area contributed by atoms with Gasteiger partial charge in [0, 0.05) is 29.2 Å². The number of nitro benzene ring substituents is 1. The fourth-order valence-corrected chi connectivity index (χ4v) is 2.27. The molecule has 0 amide bonds. The van der Waals surface area contributed by atoms with Crippen LogP contribution < -0.4 is 5.32 Å². The third-order valence-corrected chi connectivity index (χ3v) is 3.37. The predicted octanol–water partition coefficient (Wildman–Crippen LogP) is 2.26. The van der Waals surface area contributed by atoms with Crippen LogP contribution in [-0.2, 0) is 19.6 Å². The highest BCUT2D eigenvalue weighted by atomic mass is 79.9. The van der Waals surface area contributed by atoms with Crippen molar-refractivity contribution >= 4 is 21.6 Å². The van der Waals surface area contributed by atoms with E-state index in [1.165, 1.54) is 6.07 Å². The van der Waals surface area contributed by atoms with Gasteiger partial charge in [-0.2, -0.15) is 0 Å². The van der Waals surface area contributed by atoms with Gasteiger partial charge >= 0.3 is 0 Å². The number of halogens is 1. The first kappa shape index (κ1) is 14.6. The van der Waals surface area contributed by atoms with Gasteiger partial charge in [0.2, 0.25) is 0 Å². The number of hydrogen-bond acceptors (Lipinski definition) is 5. The normalized spacial score (nSPS) is 10.7. The van der Waals surface area contributed by atoms with Gasteiger partial charge in [0.25, 0.3) is 5.69 Å². The van der Waals surface area contributed by atoms with Crippen molar-refractivity contribution in [3.63, 3.8) is 0 Å². The molecule has 0 saturated carbocycles. The Balaban J connectivity index is 2.04. The molecule has 2 rings (SSSR count). The van der Waals surface area contributed by atoms with Crippen molar-refractivity contribution in [1.82, 2.24) is 20.1 Å². The van der Waals surface area contributed by atoms with Crippen molar-refractivity contribution in [1.29, 1.82) is 0 Å². The minimum atomic E-state index is -0.377. The topological polar surface area (TPSA) is 85.9 Å². The zero-order valence-electron chi connectivity index (χ0n) is 10.9. The fourth-order valence-electron chi connectivity index (χ4n) is 1.86. The van der Waals surface area contributed by atoms with Crippen LogP contribution in [-0.4, -0.2) is 19.7 Å². The zero-order valence-corrected chi connectivity index (χ0v) is 12.5. The summed E-state index contributed by atoms with van der Waals surface area (Å²) in [4.78, 5) is 10.6. The van der Waals surface area contributed by atoms with Crippen LogP contribution in [0.4, 0.5) is 5.69 Å². The predicted molar refractivity (Wildman–Crippen MR) is 77.0 cm³/mol. The third-order valence-electron chi connectivity index (χ3n) is 2.87. The number of benzene rings is 1. The highest BCUT2D eigenvalue weighted by Gasteiger charge is 2.13. The van der Waals surface area contributed by atoms with Crippen molar-refractivity contribution < 1.29 is 4.92 Å². The van der Waals surface area contributed by atoms with E-state index in [-0.39, 0.29) is 10.6 Å². The smallest absolute Gasteiger partial charge is 0.273 e. The van der Waals surface area contributed by atoms with Crippen molar-refractivity contribution in [2.75, 3.05) is 0 Å². The van der Waals surface area contributed by atoms with Crippen LogP contribution in [0.15, 0.2) is 29.0 Å². The zero-order chi connectivity index (χ0) is 14.5. The summed E-state index contributed by atoms with van der Waals surface area (Å²) >= 11 is 3.32. The molecule has 8 heteroatoms. The Morgan fingerprint density at radius 3 is 2.95 bits per heavy atom. The van der Waals surface area contributed by atoms with Gasteiger partial charge in [-0.25, -0.2) is 0 Å². The minimum absolute atomic E-state index is 0.109. The Morgan fingerprint density at radius 2 is 2.25 bits per heavy atom. The molecule has 1 aromatic carbocycles. The summed E-state index contributed by atoms with van der Waals surface area (Å²) in [6.07, 6.45) is 1.67. The molecule has 0 spiro atoms. The number of aryl methyl sites for hydroxylation is 1. The molecule has 0 radical (unpaired) electrons. The highest BCUT2D eigenvalue weighted by Crippen LogP contribution is 2.22.